The largest absolute Gasteiger partial charge is 0.481 e. The zero-order chi connectivity index (χ0) is 16.2. The van der Waals surface area contributed by atoms with Gasteiger partial charge in [-0.2, -0.15) is 0 Å². The molecule has 0 bridgehead atoms. The molecule has 1 unspecified atom stereocenters. The Bertz CT molecular complexity index is 551. The van der Waals surface area contributed by atoms with E-state index in [0.717, 1.165) is 25.7 Å². The Morgan fingerprint density at radius 1 is 1.36 bits per heavy atom. The lowest BCUT2D eigenvalue weighted by Gasteiger charge is -2.30. The highest BCUT2D eigenvalue weighted by molar-refractivity contribution is 5.94. The molecule has 3 N–H and O–H groups in total. The summed E-state index contributed by atoms with van der Waals surface area (Å²) in [4.78, 5) is 23.7. The van der Waals surface area contributed by atoms with Gasteiger partial charge in [-0.15, -0.1) is 0 Å². The first-order valence-electron chi connectivity index (χ1n) is 7.75. The molecule has 1 atom stereocenters. The second kappa shape index (κ2) is 6.92. The van der Waals surface area contributed by atoms with E-state index in [-0.39, 0.29) is 17.2 Å². The van der Waals surface area contributed by atoms with E-state index in [4.69, 9.17) is 10.5 Å². The third-order valence-corrected chi connectivity index (χ3v) is 4.26. The Morgan fingerprint density at radius 2 is 2.05 bits per heavy atom. The number of amides is 1. The number of nitrogens with one attached hydrogen (secondary N) is 1. The lowest BCUT2D eigenvalue weighted by atomic mass is 9.97. The molecule has 0 radical (unpaired) electrons. The van der Waals surface area contributed by atoms with Gasteiger partial charge in [0.1, 0.15) is 5.75 Å². The molecule has 5 heteroatoms. The maximum Gasteiger partial charge on any atom is 0.261 e. The molecule has 0 heterocycles. The first-order valence-corrected chi connectivity index (χ1v) is 7.75. The maximum absolute atomic E-state index is 12.3. The molecule has 1 fully saturated rings. The molecule has 1 aromatic rings. The predicted octanol–water partition coefficient (Wildman–Crippen LogP) is 2.04. The van der Waals surface area contributed by atoms with Crippen LogP contribution in [0.2, 0.25) is 0 Å². The van der Waals surface area contributed by atoms with Crippen molar-refractivity contribution in [1.82, 2.24) is 5.32 Å². The number of hydrogen-bond donors (Lipinski definition) is 2. The molecule has 1 amide bonds. The van der Waals surface area contributed by atoms with Crippen molar-refractivity contribution in [3.05, 3.63) is 29.8 Å². The molecule has 0 aromatic heterocycles. The lowest BCUT2D eigenvalue weighted by molar-refractivity contribution is -0.129. The van der Waals surface area contributed by atoms with Gasteiger partial charge < -0.3 is 15.8 Å². The molecule has 5 nitrogen and oxygen atoms in total. The fourth-order valence-corrected chi connectivity index (χ4v) is 2.84. The number of rotatable bonds is 6. The van der Waals surface area contributed by atoms with Crippen LogP contribution in [0.15, 0.2) is 24.3 Å². The number of ether oxygens (including phenoxy) is 1. The van der Waals surface area contributed by atoms with Crippen LogP contribution in [0.1, 0.15) is 49.9 Å². The van der Waals surface area contributed by atoms with Gasteiger partial charge in [0.15, 0.2) is 11.9 Å². The second-order valence-electron chi connectivity index (χ2n) is 6.02. The summed E-state index contributed by atoms with van der Waals surface area (Å²) in [5.41, 5.74) is 6.12. The van der Waals surface area contributed by atoms with Gasteiger partial charge in [0.25, 0.3) is 5.91 Å². The van der Waals surface area contributed by atoms with Crippen molar-refractivity contribution >= 4 is 11.7 Å². The number of benzene rings is 1. The number of carbonyl (C=O) groups excluding carboxylic acids is 2. The van der Waals surface area contributed by atoms with Gasteiger partial charge >= 0.3 is 0 Å². The van der Waals surface area contributed by atoms with Crippen molar-refractivity contribution in [2.24, 2.45) is 5.73 Å². The Kier molecular flexibility index (Phi) is 5.19. The molecular formula is C17H24N2O3. The van der Waals surface area contributed by atoms with E-state index in [0.29, 0.717) is 17.9 Å². The van der Waals surface area contributed by atoms with E-state index in [1.807, 2.05) is 0 Å². The second-order valence-corrected chi connectivity index (χ2v) is 6.02. The molecule has 1 aliphatic rings. The van der Waals surface area contributed by atoms with E-state index >= 15 is 0 Å². The third-order valence-electron chi connectivity index (χ3n) is 4.26. The van der Waals surface area contributed by atoms with Crippen LogP contribution in [-0.4, -0.2) is 29.9 Å². The van der Waals surface area contributed by atoms with E-state index in [1.165, 1.54) is 6.92 Å². The highest BCUT2D eigenvalue weighted by Gasteiger charge is 2.35. The molecule has 0 saturated heterocycles. The number of nitrogens with two attached hydrogens (primary N) is 1. The van der Waals surface area contributed by atoms with Gasteiger partial charge in [-0.25, -0.2) is 0 Å². The highest BCUT2D eigenvalue weighted by atomic mass is 16.5. The zero-order valence-corrected chi connectivity index (χ0v) is 13.2. The normalized spacial score (nSPS) is 17.8. The minimum atomic E-state index is -0.633. The van der Waals surface area contributed by atoms with Crippen LogP contribution in [0.25, 0.3) is 0 Å². The molecule has 1 aromatic carbocycles. The van der Waals surface area contributed by atoms with Gasteiger partial charge in [0.05, 0.1) is 5.54 Å². The summed E-state index contributed by atoms with van der Waals surface area (Å²) >= 11 is 0. The minimum Gasteiger partial charge on any atom is -0.481 e. The summed E-state index contributed by atoms with van der Waals surface area (Å²) in [6.45, 7) is 3.65. The fraction of sp³-hybridized carbons (Fsp3) is 0.529. The van der Waals surface area contributed by atoms with Crippen molar-refractivity contribution in [2.45, 2.75) is 51.2 Å². The topological polar surface area (TPSA) is 81.4 Å². The maximum atomic E-state index is 12.3. The first kappa shape index (κ1) is 16.5. The summed E-state index contributed by atoms with van der Waals surface area (Å²) in [5.74, 6) is 0.319. The van der Waals surface area contributed by atoms with Crippen LogP contribution >= 0.6 is 0 Å². The molecule has 120 valence electrons. The summed E-state index contributed by atoms with van der Waals surface area (Å²) in [6.07, 6.45) is 3.39. The third kappa shape index (κ3) is 3.85. The average Bonchev–Trinajstić information content (AvgIpc) is 2.96. The number of ketones is 1. The molecule has 0 spiro atoms. The Hall–Kier alpha value is -1.88. The molecule has 1 saturated carbocycles. The van der Waals surface area contributed by atoms with Gasteiger partial charge in [0.2, 0.25) is 0 Å². The van der Waals surface area contributed by atoms with Crippen molar-refractivity contribution in [3.8, 4) is 5.75 Å². The Labute approximate surface area is 131 Å². The van der Waals surface area contributed by atoms with Crippen molar-refractivity contribution in [1.29, 1.82) is 0 Å². The van der Waals surface area contributed by atoms with Crippen LogP contribution in [-0.2, 0) is 4.79 Å². The van der Waals surface area contributed by atoms with Crippen LogP contribution in [0.3, 0.4) is 0 Å². The van der Waals surface area contributed by atoms with Gasteiger partial charge in [-0.05, 0) is 38.8 Å². The van der Waals surface area contributed by atoms with Crippen LogP contribution in [0.4, 0.5) is 0 Å². The summed E-state index contributed by atoms with van der Waals surface area (Å²) in [6, 6.07) is 6.86. The van der Waals surface area contributed by atoms with Crippen LogP contribution in [0.5, 0.6) is 5.75 Å². The number of carbonyl (C=O) groups is 2. The average molecular weight is 304 g/mol. The minimum absolute atomic E-state index is 0.0319. The van der Waals surface area contributed by atoms with Crippen molar-refractivity contribution in [2.75, 3.05) is 6.54 Å². The molecule has 0 aliphatic heterocycles. The van der Waals surface area contributed by atoms with Crippen LogP contribution in [0, 0.1) is 0 Å². The summed E-state index contributed by atoms with van der Waals surface area (Å²) in [5, 5.41) is 3.04. The molecular weight excluding hydrogens is 280 g/mol. The SMILES string of the molecule is CC(=O)c1cccc(OC(C)C(=O)NC2(CN)CCCC2)c1. The smallest absolute Gasteiger partial charge is 0.261 e. The highest BCUT2D eigenvalue weighted by Crippen LogP contribution is 2.28. The van der Waals surface area contributed by atoms with Crippen LogP contribution < -0.4 is 15.8 Å². The zero-order valence-electron chi connectivity index (χ0n) is 13.2. The molecule has 2 rings (SSSR count). The molecule has 1 aliphatic carbocycles. The van der Waals surface area contributed by atoms with E-state index in [2.05, 4.69) is 5.32 Å². The first-order chi connectivity index (χ1) is 10.5. The standard InChI is InChI=1S/C17H24N2O3/c1-12(20)14-6-5-7-15(10-14)22-13(2)16(21)19-17(11-18)8-3-4-9-17/h5-7,10,13H,3-4,8-9,11,18H2,1-2H3,(H,19,21). The Morgan fingerprint density at radius 3 is 2.64 bits per heavy atom. The summed E-state index contributed by atoms with van der Waals surface area (Å²) in [7, 11) is 0. The van der Waals surface area contributed by atoms with Crippen molar-refractivity contribution in [3.63, 3.8) is 0 Å². The van der Waals surface area contributed by atoms with E-state index < -0.39 is 6.10 Å². The summed E-state index contributed by atoms with van der Waals surface area (Å²) < 4.78 is 5.66. The number of hydrogen-bond acceptors (Lipinski definition) is 4. The van der Waals surface area contributed by atoms with Gasteiger partial charge in [0, 0.05) is 12.1 Å². The Balaban J connectivity index is 1.99. The van der Waals surface area contributed by atoms with E-state index in [1.54, 1.807) is 31.2 Å². The monoisotopic (exact) mass is 304 g/mol. The molecule has 22 heavy (non-hydrogen) atoms. The predicted molar refractivity (Wildman–Crippen MR) is 84.9 cm³/mol. The fourth-order valence-electron chi connectivity index (χ4n) is 2.84. The van der Waals surface area contributed by atoms with E-state index in [9.17, 15) is 9.59 Å². The quantitative estimate of drug-likeness (QED) is 0.788. The van der Waals surface area contributed by atoms with Gasteiger partial charge in [-0.1, -0.05) is 25.0 Å². The lowest BCUT2D eigenvalue weighted by Crippen LogP contribution is -2.54. The van der Waals surface area contributed by atoms with Gasteiger partial charge in [-0.3, -0.25) is 9.59 Å². The van der Waals surface area contributed by atoms with Crippen molar-refractivity contribution < 1.29 is 14.3 Å². The number of Topliss-reactive ketones (excluding diaryl/α,β-unsaturated/α-hetero) is 1.